The molecule has 0 amide bonds. The number of phenolic OH excluding ortho intramolecular Hbond substituents is 1. The van der Waals surface area contributed by atoms with E-state index in [1.165, 1.54) is 6.07 Å². The van der Waals surface area contributed by atoms with Crippen molar-refractivity contribution in [2.24, 2.45) is 0 Å². The number of hydrogen-bond acceptors (Lipinski definition) is 2. The van der Waals surface area contributed by atoms with Crippen LogP contribution >= 0.6 is 0 Å². The van der Waals surface area contributed by atoms with Gasteiger partial charge in [-0.1, -0.05) is 12.1 Å². The summed E-state index contributed by atoms with van der Waals surface area (Å²) in [4.78, 5) is 0. The van der Waals surface area contributed by atoms with Crippen LogP contribution in [0.15, 0.2) is 24.3 Å². The van der Waals surface area contributed by atoms with E-state index in [4.69, 9.17) is 5.11 Å². The fraction of sp³-hybridized carbons (Fsp3) is 0. The first kappa shape index (κ1) is 6.43. The maximum absolute atomic E-state index is 9.65. The molecule has 1 aromatic carbocycles. The molecule has 0 spiro atoms. The van der Waals surface area contributed by atoms with Crippen molar-refractivity contribution in [3.8, 4) is 11.8 Å². The molecule has 1 rings (SSSR count). The minimum atomic E-state index is 0.0158. The molecule has 10 heavy (non-hydrogen) atoms. The van der Waals surface area contributed by atoms with Crippen LogP contribution in [0.2, 0.25) is 0 Å². The number of para-hydroxylation sites is 1. The van der Waals surface area contributed by atoms with Gasteiger partial charge in [-0.05, 0) is 12.1 Å². The Hall–Kier alpha value is -1.69. The number of benzene rings is 1. The molecule has 0 bridgehead atoms. The van der Waals surface area contributed by atoms with Crippen molar-refractivity contribution in [1.82, 2.24) is 0 Å². The van der Waals surface area contributed by atoms with Gasteiger partial charge in [-0.25, -0.2) is 0 Å². The van der Waals surface area contributed by atoms with Crippen LogP contribution < -0.4 is 0 Å². The van der Waals surface area contributed by atoms with Crippen LogP contribution in [0.3, 0.4) is 0 Å². The molecule has 0 aliphatic carbocycles. The van der Waals surface area contributed by atoms with Crippen molar-refractivity contribution in [3.05, 3.63) is 40.0 Å². The Labute approximate surface area is 57.9 Å². The molecule has 3 heteroatoms. The zero-order chi connectivity index (χ0) is 7.40. The fourth-order valence-corrected chi connectivity index (χ4v) is 0.617. The van der Waals surface area contributed by atoms with E-state index < -0.39 is 0 Å². The highest BCUT2D eigenvalue weighted by Gasteiger charge is 1.98. The van der Waals surface area contributed by atoms with Gasteiger partial charge in [-0.2, -0.15) is 0 Å². The molecule has 1 aromatic rings. The monoisotopic (exact) mass is 135 g/mol. The van der Waals surface area contributed by atoms with Gasteiger partial charge in [0.25, 0.3) is 0 Å². The van der Waals surface area contributed by atoms with Crippen molar-refractivity contribution >= 4 is 0 Å². The lowest BCUT2D eigenvalue weighted by atomic mass is 10.2. The van der Waals surface area contributed by atoms with Crippen LogP contribution in [-0.4, -0.2) is 5.11 Å². The lowest BCUT2D eigenvalue weighted by Gasteiger charge is -1.87. The number of rotatable bonds is 0. The summed E-state index contributed by atoms with van der Waals surface area (Å²) in [5.41, 5.74) is 0.317. The quantitative estimate of drug-likeness (QED) is 0.549. The summed E-state index contributed by atoms with van der Waals surface area (Å²) in [6.07, 6.45) is 0. The highest BCUT2D eigenvalue weighted by Crippen LogP contribution is 2.13. The van der Waals surface area contributed by atoms with Gasteiger partial charge in [0.05, 0.1) is 0 Å². The van der Waals surface area contributed by atoms with Crippen molar-refractivity contribution in [3.63, 3.8) is 0 Å². The fourth-order valence-electron chi connectivity index (χ4n) is 0.617. The zero-order valence-corrected chi connectivity index (χ0v) is 5.11. The van der Waals surface area contributed by atoms with Crippen LogP contribution in [0, 0.1) is 11.3 Å². The first-order valence-corrected chi connectivity index (χ1v) is 2.71. The average Bonchev–Trinajstić information content (AvgIpc) is 1.94. The first-order chi connectivity index (χ1) is 4.84. The lowest BCUT2D eigenvalue weighted by Crippen LogP contribution is -1.72. The van der Waals surface area contributed by atoms with E-state index >= 15 is 0 Å². The second-order valence-electron chi connectivity index (χ2n) is 1.72. The Morgan fingerprint density at radius 1 is 1.40 bits per heavy atom. The van der Waals surface area contributed by atoms with Crippen LogP contribution in [0.4, 0.5) is 0 Å². The van der Waals surface area contributed by atoms with E-state index in [2.05, 4.69) is 11.1 Å². The Bertz CT molecular complexity index is 285. The summed E-state index contributed by atoms with van der Waals surface area (Å²) in [5, 5.41) is 21.0. The minimum absolute atomic E-state index is 0.0158. The van der Waals surface area contributed by atoms with Gasteiger partial charge in [0.15, 0.2) is 0 Å². The van der Waals surface area contributed by atoms with Gasteiger partial charge < -0.3 is 10.3 Å². The highest BCUT2D eigenvalue weighted by molar-refractivity contribution is 5.43. The molecule has 0 heterocycles. The molecular weight excluding hydrogens is 130 g/mol. The van der Waals surface area contributed by atoms with Gasteiger partial charge >= 0.3 is 6.07 Å². The molecule has 1 N–H and O–H groups in total. The Balaban J connectivity index is 3.11. The normalized spacial score (nSPS) is 8.00. The van der Waals surface area contributed by atoms with Crippen molar-refractivity contribution in [2.45, 2.75) is 0 Å². The standard InChI is InChI=1S/C7H5NO2/c9-7-4-2-1-3-6(7)5-8-10/h1-4,9H. The highest BCUT2D eigenvalue weighted by atomic mass is 16.4. The Kier molecular flexibility index (Phi) is 1.76. The number of phenols is 1. The maximum Gasteiger partial charge on any atom is 0.340 e. The first-order valence-electron chi connectivity index (χ1n) is 2.71. The summed E-state index contributed by atoms with van der Waals surface area (Å²) in [6.45, 7) is 0. The Morgan fingerprint density at radius 3 is 2.70 bits per heavy atom. The number of aromatic hydroxyl groups is 1. The van der Waals surface area contributed by atoms with Gasteiger partial charge in [-0.3, -0.25) is 0 Å². The van der Waals surface area contributed by atoms with Gasteiger partial charge in [0, 0.05) is 5.01 Å². The second kappa shape index (κ2) is 2.74. The third-order valence-electron chi connectivity index (χ3n) is 1.07. The molecule has 0 aliphatic rings. The third-order valence-corrected chi connectivity index (χ3v) is 1.07. The van der Waals surface area contributed by atoms with Gasteiger partial charge in [-0.15, -0.1) is 0 Å². The maximum atomic E-state index is 9.65. The van der Waals surface area contributed by atoms with Crippen molar-refractivity contribution in [1.29, 1.82) is 0 Å². The van der Waals surface area contributed by atoms with Crippen LogP contribution in [0.5, 0.6) is 5.75 Å². The van der Waals surface area contributed by atoms with E-state index in [-0.39, 0.29) is 5.75 Å². The number of nitrogens with zero attached hydrogens (tertiary/aromatic N) is 1. The van der Waals surface area contributed by atoms with E-state index in [1.54, 1.807) is 18.2 Å². The molecule has 0 saturated carbocycles. The van der Waals surface area contributed by atoms with Gasteiger partial charge in [0.2, 0.25) is 0 Å². The van der Waals surface area contributed by atoms with E-state index in [9.17, 15) is 5.21 Å². The van der Waals surface area contributed by atoms with Crippen molar-refractivity contribution < 1.29 is 5.11 Å². The third kappa shape index (κ3) is 1.17. The van der Waals surface area contributed by atoms with E-state index in [0.29, 0.717) is 5.56 Å². The zero-order valence-electron chi connectivity index (χ0n) is 5.11. The van der Waals surface area contributed by atoms with Gasteiger partial charge in [0.1, 0.15) is 11.3 Å². The largest absolute Gasteiger partial charge is 0.506 e. The minimum Gasteiger partial charge on any atom is -0.506 e. The van der Waals surface area contributed by atoms with Crippen LogP contribution in [0.1, 0.15) is 5.56 Å². The van der Waals surface area contributed by atoms with Crippen LogP contribution in [0.25, 0.3) is 5.01 Å². The number of hydrogen-bond donors (Lipinski definition) is 1. The molecule has 0 saturated heterocycles. The molecule has 0 unspecified atom stereocenters. The van der Waals surface area contributed by atoms with E-state index in [0.717, 1.165) is 0 Å². The molecular formula is C7H5NO2. The molecule has 50 valence electrons. The molecule has 0 aliphatic heterocycles. The summed E-state index contributed by atoms with van der Waals surface area (Å²) in [5.74, 6) is 0.0158. The smallest absolute Gasteiger partial charge is 0.340 e. The molecule has 0 radical (unpaired) electrons. The summed E-state index contributed by atoms with van der Waals surface area (Å²) in [7, 11) is 0. The van der Waals surface area contributed by atoms with Crippen LogP contribution in [-0.2, 0) is 0 Å². The average molecular weight is 135 g/mol. The summed E-state index contributed by atoms with van der Waals surface area (Å²) < 4.78 is 0. The molecule has 0 fully saturated rings. The molecule has 0 aromatic heterocycles. The predicted molar refractivity (Wildman–Crippen MR) is 37.8 cm³/mol. The lowest BCUT2D eigenvalue weighted by molar-refractivity contribution is 0.473. The summed E-state index contributed by atoms with van der Waals surface area (Å²) in [6, 6.07) is 8.46. The molecule has 3 nitrogen and oxygen atoms in total. The second-order valence-corrected chi connectivity index (χ2v) is 1.72. The van der Waals surface area contributed by atoms with E-state index in [1.807, 2.05) is 0 Å². The van der Waals surface area contributed by atoms with Crippen molar-refractivity contribution in [2.75, 3.05) is 0 Å². The topological polar surface area (TPSA) is 47.6 Å². The molecule has 0 atom stereocenters. The summed E-state index contributed by atoms with van der Waals surface area (Å²) >= 11 is 0. The predicted octanol–water partition coefficient (Wildman–Crippen LogP) is 1.57. The SMILES string of the molecule is [O-][N+]#Cc1ccccc1O. The Morgan fingerprint density at radius 2 is 2.10 bits per heavy atom.